The number of aromatic nitrogens is 2. The molecule has 0 radical (unpaired) electrons. The lowest BCUT2D eigenvalue weighted by Crippen LogP contribution is -2.40. The van der Waals surface area contributed by atoms with Crippen LogP contribution in [0, 0.1) is 6.92 Å². The van der Waals surface area contributed by atoms with Crippen molar-refractivity contribution in [2.24, 2.45) is 0 Å². The number of nitrogens with one attached hydrogen (secondary N) is 3. The fourth-order valence-corrected chi connectivity index (χ4v) is 2.95. The molecule has 3 N–H and O–H groups in total. The van der Waals surface area contributed by atoms with Gasteiger partial charge in [-0.05, 0) is 31.4 Å². The second-order valence-electron chi connectivity index (χ2n) is 5.00. The average molecular weight is 303 g/mol. The third-order valence-corrected chi connectivity index (χ3v) is 4.15. The van der Waals surface area contributed by atoms with E-state index in [4.69, 9.17) is 0 Å². The summed E-state index contributed by atoms with van der Waals surface area (Å²) in [5.74, 6) is 0. The van der Waals surface area contributed by atoms with Gasteiger partial charge in [0.15, 0.2) is 0 Å². The van der Waals surface area contributed by atoms with Crippen molar-refractivity contribution in [3.8, 4) is 0 Å². The number of benzene rings is 1. The lowest BCUT2D eigenvalue weighted by molar-refractivity contribution is 0.251. The van der Waals surface area contributed by atoms with E-state index in [2.05, 4.69) is 44.3 Å². The third kappa shape index (κ3) is 3.49. The van der Waals surface area contributed by atoms with E-state index in [1.807, 2.05) is 13.0 Å². The topological polar surface area (TPSA) is 78.9 Å². The summed E-state index contributed by atoms with van der Waals surface area (Å²) in [6.45, 7) is 2.43. The normalized spacial score (nSPS) is 16.7. The maximum absolute atomic E-state index is 11.8. The van der Waals surface area contributed by atoms with Crippen molar-refractivity contribution in [2.45, 2.75) is 25.8 Å². The van der Waals surface area contributed by atoms with Gasteiger partial charge in [0.2, 0.25) is 5.13 Å². The van der Waals surface area contributed by atoms with Crippen LogP contribution < -0.4 is 16.0 Å². The number of anilines is 2. The molecular weight excluding hydrogens is 286 g/mol. The molecule has 3 rings (SSSR count). The molecule has 0 aliphatic carbocycles. The van der Waals surface area contributed by atoms with Crippen molar-refractivity contribution in [1.29, 1.82) is 0 Å². The van der Waals surface area contributed by atoms with E-state index < -0.39 is 0 Å². The van der Waals surface area contributed by atoms with Crippen LogP contribution in [0.5, 0.6) is 0 Å². The highest BCUT2D eigenvalue weighted by Gasteiger charge is 2.17. The number of nitrogens with zero attached hydrogens (tertiary/aromatic N) is 2. The summed E-state index contributed by atoms with van der Waals surface area (Å²) in [5.41, 5.74) is 2.50. The van der Waals surface area contributed by atoms with Crippen LogP contribution in [-0.4, -0.2) is 28.8 Å². The summed E-state index contributed by atoms with van der Waals surface area (Å²) in [6.07, 6.45) is 2.04. The second-order valence-corrected chi connectivity index (χ2v) is 6.18. The van der Waals surface area contributed by atoms with Crippen LogP contribution in [0.2, 0.25) is 0 Å². The lowest BCUT2D eigenvalue weighted by atomic mass is 9.98. The first-order valence-corrected chi connectivity index (χ1v) is 7.72. The first-order chi connectivity index (χ1) is 10.2. The van der Waals surface area contributed by atoms with E-state index in [0.29, 0.717) is 11.7 Å². The molecule has 0 saturated carbocycles. The first kappa shape index (κ1) is 13.8. The van der Waals surface area contributed by atoms with Crippen LogP contribution in [0.3, 0.4) is 0 Å². The minimum absolute atomic E-state index is 0.244. The number of aryl methyl sites for hydroxylation is 2. The molecule has 1 aliphatic heterocycles. The van der Waals surface area contributed by atoms with Gasteiger partial charge < -0.3 is 10.6 Å². The molecule has 0 spiro atoms. The van der Waals surface area contributed by atoms with Gasteiger partial charge in [-0.3, -0.25) is 5.32 Å². The summed E-state index contributed by atoms with van der Waals surface area (Å²) < 4.78 is 0. The Kier molecular flexibility index (Phi) is 4.01. The number of rotatable bonds is 3. The highest BCUT2D eigenvalue weighted by molar-refractivity contribution is 7.15. The fraction of sp³-hybridized carbons (Fsp3) is 0.357. The first-order valence-electron chi connectivity index (χ1n) is 6.90. The quantitative estimate of drug-likeness (QED) is 0.813. The maximum atomic E-state index is 11.8. The summed E-state index contributed by atoms with van der Waals surface area (Å²) in [5, 5.41) is 18.1. The number of amides is 2. The molecule has 0 saturated heterocycles. The van der Waals surface area contributed by atoms with Gasteiger partial charge in [0.1, 0.15) is 5.01 Å². The molecule has 2 amide bonds. The van der Waals surface area contributed by atoms with Gasteiger partial charge in [-0.2, -0.15) is 0 Å². The van der Waals surface area contributed by atoms with E-state index in [1.165, 1.54) is 16.9 Å². The van der Waals surface area contributed by atoms with Crippen LogP contribution in [0.15, 0.2) is 24.3 Å². The number of fused-ring (bicyclic) bond motifs is 1. The van der Waals surface area contributed by atoms with Crippen molar-refractivity contribution in [1.82, 2.24) is 15.5 Å². The van der Waals surface area contributed by atoms with E-state index in [-0.39, 0.29) is 12.1 Å². The predicted molar refractivity (Wildman–Crippen MR) is 83.8 cm³/mol. The number of carbonyl (C=O) groups is 1. The van der Waals surface area contributed by atoms with Crippen molar-refractivity contribution < 1.29 is 4.79 Å². The summed E-state index contributed by atoms with van der Waals surface area (Å²) in [7, 11) is 0. The summed E-state index contributed by atoms with van der Waals surface area (Å²) in [4.78, 5) is 11.8. The molecular formula is C14H17N5OS. The minimum atomic E-state index is -0.244. The van der Waals surface area contributed by atoms with Gasteiger partial charge in [-0.1, -0.05) is 29.5 Å². The lowest BCUT2D eigenvalue weighted by Gasteiger charge is -2.27. The monoisotopic (exact) mass is 303 g/mol. The molecule has 110 valence electrons. The van der Waals surface area contributed by atoms with Gasteiger partial charge in [-0.15, -0.1) is 10.2 Å². The van der Waals surface area contributed by atoms with Crippen molar-refractivity contribution in [3.05, 3.63) is 34.8 Å². The van der Waals surface area contributed by atoms with E-state index in [1.54, 1.807) is 0 Å². The molecule has 1 aliphatic rings. The fourth-order valence-electron chi connectivity index (χ4n) is 2.36. The Morgan fingerprint density at radius 2 is 2.29 bits per heavy atom. The number of hydrogen-bond acceptors (Lipinski definition) is 5. The molecule has 2 aromatic rings. The van der Waals surface area contributed by atoms with Crippen LogP contribution in [0.1, 0.15) is 17.0 Å². The minimum Gasteiger partial charge on any atom is -0.380 e. The maximum Gasteiger partial charge on any atom is 0.321 e. The molecule has 21 heavy (non-hydrogen) atoms. The Bertz CT molecular complexity index is 642. The SMILES string of the molecule is Cc1nnc(NC(=O)NCC2CCc3ccccc3N2)s1. The Balaban J connectivity index is 1.49. The van der Waals surface area contributed by atoms with E-state index in [0.717, 1.165) is 23.5 Å². The van der Waals surface area contributed by atoms with Crippen molar-refractivity contribution in [3.63, 3.8) is 0 Å². The summed E-state index contributed by atoms with van der Waals surface area (Å²) in [6, 6.07) is 8.29. The Morgan fingerprint density at radius 3 is 3.10 bits per heavy atom. The third-order valence-electron chi connectivity index (χ3n) is 3.39. The number of urea groups is 1. The zero-order valence-corrected chi connectivity index (χ0v) is 12.5. The van der Waals surface area contributed by atoms with Crippen molar-refractivity contribution in [2.75, 3.05) is 17.2 Å². The highest BCUT2D eigenvalue weighted by Crippen LogP contribution is 2.23. The van der Waals surface area contributed by atoms with Gasteiger partial charge in [0, 0.05) is 18.3 Å². The standard InChI is InChI=1S/C14H17N5OS/c1-9-18-19-14(21-9)17-13(20)15-8-11-7-6-10-4-2-3-5-12(10)16-11/h2-5,11,16H,6-8H2,1H3,(H2,15,17,19,20). The smallest absolute Gasteiger partial charge is 0.321 e. The van der Waals surface area contributed by atoms with E-state index in [9.17, 15) is 4.79 Å². The van der Waals surface area contributed by atoms with Crippen LogP contribution in [0.4, 0.5) is 15.6 Å². The van der Waals surface area contributed by atoms with Gasteiger partial charge in [0.25, 0.3) is 0 Å². The molecule has 1 aromatic carbocycles. The Labute approximate surface area is 127 Å². The largest absolute Gasteiger partial charge is 0.380 e. The molecule has 7 heteroatoms. The Hall–Kier alpha value is -2.15. The van der Waals surface area contributed by atoms with E-state index >= 15 is 0 Å². The molecule has 1 atom stereocenters. The van der Waals surface area contributed by atoms with Crippen LogP contribution in [0.25, 0.3) is 0 Å². The van der Waals surface area contributed by atoms with Crippen LogP contribution in [-0.2, 0) is 6.42 Å². The van der Waals surface area contributed by atoms with Crippen LogP contribution >= 0.6 is 11.3 Å². The zero-order valence-electron chi connectivity index (χ0n) is 11.7. The van der Waals surface area contributed by atoms with Gasteiger partial charge >= 0.3 is 6.03 Å². The van der Waals surface area contributed by atoms with Crippen molar-refractivity contribution >= 4 is 28.2 Å². The highest BCUT2D eigenvalue weighted by atomic mass is 32.1. The van der Waals surface area contributed by atoms with Gasteiger partial charge in [-0.25, -0.2) is 4.79 Å². The molecule has 0 fully saturated rings. The van der Waals surface area contributed by atoms with Gasteiger partial charge in [0.05, 0.1) is 0 Å². The predicted octanol–water partition coefficient (Wildman–Crippen LogP) is 2.39. The molecule has 6 nitrogen and oxygen atoms in total. The molecule has 2 heterocycles. The molecule has 1 unspecified atom stereocenters. The number of para-hydroxylation sites is 1. The summed E-state index contributed by atoms with van der Waals surface area (Å²) >= 11 is 1.36. The second kappa shape index (κ2) is 6.09. The zero-order chi connectivity index (χ0) is 14.7. The molecule has 1 aromatic heterocycles. The number of carbonyl (C=O) groups excluding carboxylic acids is 1. The Morgan fingerprint density at radius 1 is 1.43 bits per heavy atom. The average Bonchev–Trinajstić information content (AvgIpc) is 2.90. The molecule has 0 bridgehead atoms. The number of hydrogen-bond donors (Lipinski definition) is 3.